The first-order chi connectivity index (χ1) is 9.89. The lowest BCUT2D eigenvalue weighted by Crippen LogP contribution is -2.56. The maximum Gasteiger partial charge on any atom is 0.273 e. The van der Waals surface area contributed by atoms with Crippen molar-refractivity contribution >= 4 is 21.4 Å². The summed E-state index contributed by atoms with van der Waals surface area (Å²) >= 11 is 1.40. The van der Waals surface area contributed by atoms with Gasteiger partial charge < -0.3 is 4.74 Å². The molecule has 0 radical (unpaired) electrons. The van der Waals surface area contributed by atoms with Gasteiger partial charge in [-0.3, -0.25) is 4.68 Å². The Balaban J connectivity index is 1.73. The van der Waals surface area contributed by atoms with Crippen LogP contribution in [-0.4, -0.2) is 46.7 Å². The summed E-state index contributed by atoms with van der Waals surface area (Å²) in [7, 11) is -1.76. The number of nitrogens with zero attached hydrogens (tertiary/aromatic N) is 4. The van der Waals surface area contributed by atoms with Crippen molar-refractivity contribution < 1.29 is 13.2 Å². The van der Waals surface area contributed by atoms with E-state index in [2.05, 4.69) is 10.1 Å². The first-order valence-corrected chi connectivity index (χ1v) is 8.78. The molecule has 3 heterocycles. The largest absolute Gasteiger partial charge is 0.464 e. The van der Waals surface area contributed by atoms with Crippen LogP contribution in [0.3, 0.4) is 0 Å². The van der Waals surface area contributed by atoms with Crippen molar-refractivity contribution in [3.8, 4) is 5.19 Å². The van der Waals surface area contributed by atoms with Gasteiger partial charge in [0.2, 0.25) is 10.0 Å². The lowest BCUT2D eigenvalue weighted by Gasteiger charge is -2.37. The highest BCUT2D eigenvalue weighted by Gasteiger charge is 2.40. The van der Waals surface area contributed by atoms with E-state index in [0.717, 1.165) is 0 Å². The van der Waals surface area contributed by atoms with Crippen LogP contribution in [0.15, 0.2) is 16.5 Å². The number of aryl methyl sites for hydroxylation is 2. The molecule has 21 heavy (non-hydrogen) atoms. The fourth-order valence-electron chi connectivity index (χ4n) is 2.34. The number of rotatable bonds is 4. The Morgan fingerprint density at radius 3 is 2.62 bits per heavy atom. The Kier molecular flexibility index (Phi) is 3.50. The van der Waals surface area contributed by atoms with Crippen LogP contribution in [0.4, 0.5) is 0 Å². The summed E-state index contributed by atoms with van der Waals surface area (Å²) < 4.78 is 33.8. The van der Waals surface area contributed by atoms with Crippen molar-refractivity contribution in [2.75, 3.05) is 13.1 Å². The van der Waals surface area contributed by atoms with Gasteiger partial charge in [-0.2, -0.15) is 9.40 Å². The van der Waals surface area contributed by atoms with E-state index < -0.39 is 10.0 Å². The van der Waals surface area contributed by atoms with Crippen LogP contribution in [0.25, 0.3) is 0 Å². The summed E-state index contributed by atoms with van der Waals surface area (Å²) in [5.41, 5.74) is 1.18. The third kappa shape index (κ3) is 2.45. The van der Waals surface area contributed by atoms with Crippen LogP contribution in [0.1, 0.15) is 11.4 Å². The summed E-state index contributed by atoms with van der Waals surface area (Å²) in [5.74, 6) is 0. The lowest BCUT2D eigenvalue weighted by molar-refractivity contribution is 0.0759. The number of sulfonamides is 1. The summed E-state index contributed by atoms with van der Waals surface area (Å²) in [4.78, 5) is 4.33. The van der Waals surface area contributed by atoms with E-state index in [9.17, 15) is 8.42 Å². The van der Waals surface area contributed by atoms with Crippen LogP contribution in [-0.2, 0) is 17.1 Å². The third-order valence-corrected chi connectivity index (χ3v) is 6.28. The zero-order valence-electron chi connectivity index (χ0n) is 12.0. The second kappa shape index (κ2) is 5.08. The molecule has 0 spiro atoms. The zero-order chi connectivity index (χ0) is 15.2. The molecule has 9 heteroatoms. The Labute approximate surface area is 127 Å². The highest BCUT2D eigenvalue weighted by molar-refractivity contribution is 7.89. The molecule has 0 bridgehead atoms. The van der Waals surface area contributed by atoms with Gasteiger partial charge in [0.15, 0.2) is 0 Å². The van der Waals surface area contributed by atoms with Crippen LogP contribution in [0, 0.1) is 13.8 Å². The average Bonchev–Trinajstić information content (AvgIpc) is 2.92. The highest BCUT2D eigenvalue weighted by Crippen LogP contribution is 2.28. The summed E-state index contributed by atoms with van der Waals surface area (Å²) in [5, 5.41) is 6.57. The molecule has 0 atom stereocenters. The van der Waals surface area contributed by atoms with Crippen LogP contribution < -0.4 is 4.74 Å². The van der Waals surface area contributed by atoms with Gasteiger partial charge >= 0.3 is 0 Å². The molecule has 1 saturated heterocycles. The van der Waals surface area contributed by atoms with Crippen LogP contribution >= 0.6 is 11.3 Å². The normalized spacial score (nSPS) is 16.9. The van der Waals surface area contributed by atoms with Gasteiger partial charge in [0, 0.05) is 18.6 Å². The molecule has 0 aliphatic carbocycles. The summed E-state index contributed by atoms with van der Waals surface area (Å²) in [6, 6.07) is 0. The van der Waals surface area contributed by atoms with E-state index >= 15 is 0 Å². The average molecular weight is 328 g/mol. The van der Waals surface area contributed by atoms with Crippen molar-refractivity contribution in [2.45, 2.75) is 24.8 Å². The molecule has 0 saturated carbocycles. The highest BCUT2D eigenvalue weighted by atomic mass is 32.2. The molecule has 0 N–H and O–H groups in total. The molecule has 0 unspecified atom stereocenters. The van der Waals surface area contributed by atoms with E-state index in [1.54, 1.807) is 31.8 Å². The van der Waals surface area contributed by atoms with Crippen molar-refractivity contribution in [1.29, 1.82) is 0 Å². The van der Waals surface area contributed by atoms with Gasteiger partial charge in [0.05, 0.1) is 24.5 Å². The van der Waals surface area contributed by atoms with E-state index in [1.165, 1.54) is 15.6 Å². The standard InChI is InChI=1S/C12H16N4O3S2/c1-8-11(9(2)15(3)14-8)21(17,18)16-6-10(7-16)19-12-13-4-5-20-12/h4-5,10H,6-7H2,1-3H3. The minimum atomic E-state index is -3.50. The van der Waals surface area contributed by atoms with E-state index in [-0.39, 0.29) is 6.10 Å². The second-order valence-corrected chi connectivity index (χ2v) is 7.72. The SMILES string of the molecule is Cc1nn(C)c(C)c1S(=O)(=O)N1CC(Oc2nccs2)C1. The van der Waals surface area contributed by atoms with E-state index in [1.807, 2.05) is 5.38 Å². The maximum absolute atomic E-state index is 12.6. The molecule has 114 valence electrons. The van der Waals surface area contributed by atoms with E-state index in [0.29, 0.717) is 34.6 Å². The predicted octanol–water partition coefficient (Wildman–Crippen LogP) is 0.945. The third-order valence-electron chi connectivity index (χ3n) is 3.53. The molecule has 1 fully saturated rings. The van der Waals surface area contributed by atoms with Crippen molar-refractivity contribution in [2.24, 2.45) is 7.05 Å². The van der Waals surface area contributed by atoms with Crippen LogP contribution in [0.2, 0.25) is 0 Å². The number of hydrogen-bond acceptors (Lipinski definition) is 6. The monoisotopic (exact) mass is 328 g/mol. The quantitative estimate of drug-likeness (QED) is 0.835. The minimum absolute atomic E-state index is 0.136. The predicted molar refractivity (Wildman–Crippen MR) is 78.0 cm³/mol. The fraction of sp³-hybridized carbons (Fsp3) is 0.500. The number of ether oxygens (including phenoxy) is 1. The Morgan fingerprint density at radius 2 is 2.10 bits per heavy atom. The molecule has 0 aromatic carbocycles. The number of thiazole rings is 1. The molecular weight excluding hydrogens is 312 g/mol. The van der Waals surface area contributed by atoms with E-state index in [4.69, 9.17) is 4.74 Å². The molecule has 0 amide bonds. The number of aromatic nitrogens is 3. The van der Waals surface area contributed by atoms with Crippen molar-refractivity contribution in [1.82, 2.24) is 19.1 Å². The molecule has 7 nitrogen and oxygen atoms in total. The molecule has 2 aromatic rings. The van der Waals surface area contributed by atoms with Gasteiger partial charge in [-0.05, 0) is 13.8 Å². The van der Waals surface area contributed by atoms with Crippen LogP contribution in [0.5, 0.6) is 5.19 Å². The Bertz CT molecular complexity index is 746. The van der Waals surface area contributed by atoms with Crippen molar-refractivity contribution in [3.63, 3.8) is 0 Å². The maximum atomic E-state index is 12.6. The number of hydrogen-bond donors (Lipinski definition) is 0. The molecular formula is C12H16N4O3S2. The smallest absolute Gasteiger partial charge is 0.273 e. The summed E-state index contributed by atoms with van der Waals surface area (Å²) in [6.07, 6.45) is 1.53. The Hall–Kier alpha value is -1.45. The van der Waals surface area contributed by atoms with Crippen molar-refractivity contribution in [3.05, 3.63) is 23.0 Å². The minimum Gasteiger partial charge on any atom is -0.464 e. The lowest BCUT2D eigenvalue weighted by atomic mass is 10.2. The zero-order valence-corrected chi connectivity index (χ0v) is 13.6. The molecule has 3 rings (SSSR count). The first kappa shape index (κ1) is 14.5. The summed E-state index contributed by atoms with van der Waals surface area (Å²) in [6.45, 7) is 4.16. The second-order valence-electron chi connectivity index (χ2n) is 4.98. The molecule has 1 aliphatic rings. The molecule has 2 aromatic heterocycles. The van der Waals surface area contributed by atoms with Gasteiger partial charge in [-0.25, -0.2) is 13.4 Å². The topological polar surface area (TPSA) is 77.3 Å². The fourth-order valence-corrected chi connectivity index (χ4v) is 4.79. The van der Waals surface area contributed by atoms with Gasteiger partial charge in [-0.15, -0.1) is 0 Å². The molecule has 1 aliphatic heterocycles. The first-order valence-electron chi connectivity index (χ1n) is 6.46. The van der Waals surface area contributed by atoms with Gasteiger partial charge in [0.1, 0.15) is 11.0 Å². The Morgan fingerprint density at radius 1 is 1.38 bits per heavy atom. The van der Waals surface area contributed by atoms with Gasteiger partial charge in [-0.1, -0.05) is 11.3 Å². The van der Waals surface area contributed by atoms with Gasteiger partial charge in [0.25, 0.3) is 5.19 Å².